The second-order valence-corrected chi connectivity index (χ2v) is 11.5. The van der Waals surface area contributed by atoms with Gasteiger partial charge in [-0.05, 0) is 44.9 Å². The summed E-state index contributed by atoms with van der Waals surface area (Å²) >= 11 is 1.58. The fourth-order valence-corrected chi connectivity index (χ4v) is 6.41. The minimum absolute atomic E-state index is 0.0481. The van der Waals surface area contributed by atoms with Crippen molar-refractivity contribution in [1.29, 1.82) is 0 Å². The quantitative estimate of drug-likeness (QED) is 0.375. The van der Waals surface area contributed by atoms with E-state index in [9.17, 15) is 13.6 Å². The van der Waals surface area contributed by atoms with Crippen molar-refractivity contribution in [3.05, 3.63) is 76.0 Å². The molecule has 1 fully saturated rings. The van der Waals surface area contributed by atoms with Crippen LogP contribution in [-0.4, -0.2) is 65.1 Å². The fraction of sp³-hybridized carbons (Fsp3) is 0.414. The number of benzene rings is 1. The predicted octanol–water partition coefficient (Wildman–Crippen LogP) is 5.50. The van der Waals surface area contributed by atoms with Gasteiger partial charge in [0.1, 0.15) is 11.5 Å². The van der Waals surface area contributed by atoms with Gasteiger partial charge in [-0.1, -0.05) is 30.4 Å². The number of allylic oxidation sites excluding steroid dienone is 4. The topological polar surface area (TPSA) is 84.3 Å². The molecular weight excluding hydrogens is 534 g/mol. The lowest BCUT2D eigenvalue weighted by atomic mass is 9.94. The number of likely N-dealkylation sites (tertiary alicyclic amines) is 1. The van der Waals surface area contributed by atoms with Gasteiger partial charge in [0.15, 0.2) is 11.6 Å². The van der Waals surface area contributed by atoms with Crippen LogP contribution in [-0.2, 0) is 4.74 Å². The van der Waals surface area contributed by atoms with Crippen molar-refractivity contribution in [3.63, 3.8) is 0 Å². The van der Waals surface area contributed by atoms with E-state index >= 15 is 0 Å². The number of hydrogen-bond donors (Lipinski definition) is 2. The first-order valence-electron chi connectivity index (χ1n) is 13.4. The summed E-state index contributed by atoms with van der Waals surface area (Å²) in [5.74, 6) is -1.39. The molecule has 11 heteroatoms. The number of aromatic nitrogens is 3. The standard InChI is InChI=1S/C29H34F2N6O2S/c1-17-26(27-18(2)32-19(3)40-27)35-37(21-8-6-5-7-9-21)28(17)34-29(38)33-25-16-36(12-13-39-4)15-22(25)20-10-11-23(30)24(31)14-20/h5-8,10-11,14,21-22,25H,9,12-13,15-16H2,1-4H3,(H2,33,34,38)/t21?,22-,25+/m0/s1. The van der Waals surface area contributed by atoms with Crippen LogP contribution in [0, 0.1) is 32.4 Å². The molecule has 2 amide bonds. The number of nitrogens with one attached hydrogen (secondary N) is 2. The van der Waals surface area contributed by atoms with Gasteiger partial charge in [-0.25, -0.2) is 23.2 Å². The number of hydrogen-bond acceptors (Lipinski definition) is 6. The molecule has 1 saturated heterocycles. The van der Waals surface area contributed by atoms with E-state index < -0.39 is 11.6 Å². The Kier molecular flexibility index (Phi) is 8.43. The molecule has 0 saturated carbocycles. The number of carbonyl (C=O) groups excluding carboxylic acids is 1. The van der Waals surface area contributed by atoms with Gasteiger partial charge in [-0.3, -0.25) is 10.2 Å². The normalized spacial score (nSPS) is 20.8. The van der Waals surface area contributed by atoms with Crippen LogP contribution in [0.3, 0.4) is 0 Å². The molecule has 3 atom stereocenters. The molecule has 2 aliphatic rings. The van der Waals surface area contributed by atoms with Gasteiger partial charge in [-0.15, -0.1) is 11.3 Å². The third-order valence-corrected chi connectivity index (χ3v) is 8.54. The highest BCUT2D eigenvalue weighted by molar-refractivity contribution is 7.15. The number of nitrogens with zero attached hydrogens (tertiary/aromatic N) is 4. The Labute approximate surface area is 236 Å². The number of carbonyl (C=O) groups is 1. The summed E-state index contributed by atoms with van der Waals surface area (Å²) in [6.07, 6.45) is 8.87. The predicted molar refractivity (Wildman–Crippen MR) is 153 cm³/mol. The SMILES string of the molecule is COCCN1C[C@@H](NC(=O)Nc2c(C)c(-c3sc(C)nc3C)nn2C2C=CC=CC2)[C@H](c2ccc(F)c(F)c2)C1. The molecule has 0 bridgehead atoms. The Balaban J connectivity index is 1.41. The lowest BCUT2D eigenvalue weighted by Gasteiger charge is -2.22. The van der Waals surface area contributed by atoms with Gasteiger partial charge in [0.25, 0.3) is 0 Å². The van der Waals surface area contributed by atoms with Crippen molar-refractivity contribution >= 4 is 23.2 Å². The van der Waals surface area contributed by atoms with Crippen LogP contribution < -0.4 is 10.6 Å². The van der Waals surface area contributed by atoms with E-state index in [0.29, 0.717) is 37.6 Å². The lowest BCUT2D eigenvalue weighted by molar-refractivity contribution is 0.159. The van der Waals surface area contributed by atoms with Crippen LogP contribution in [0.1, 0.15) is 40.2 Å². The maximum atomic E-state index is 14.1. The first kappa shape index (κ1) is 28.1. The first-order valence-corrected chi connectivity index (χ1v) is 14.2. The number of rotatable bonds is 8. The highest BCUT2D eigenvalue weighted by Crippen LogP contribution is 2.37. The van der Waals surface area contributed by atoms with E-state index in [0.717, 1.165) is 39.3 Å². The third-order valence-electron chi connectivity index (χ3n) is 7.47. The molecule has 1 unspecified atom stereocenters. The summed E-state index contributed by atoms with van der Waals surface area (Å²) in [5, 5.41) is 12.1. The number of urea groups is 1. The van der Waals surface area contributed by atoms with Crippen LogP contribution in [0.15, 0.2) is 42.5 Å². The molecule has 5 rings (SSSR count). The fourth-order valence-electron chi connectivity index (χ4n) is 5.45. The largest absolute Gasteiger partial charge is 0.383 e. The molecule has 1 aromatic carbocycles. The van der Waals surface area contributed by atoms with Gasteiger partial charge in [-0.2, -0.15) is 5.10 Å². The molecule has 2 N–H and O–H groups in total. The number of ether oxygens (including phenoxy) is 1. The van der Waals surface area contributed by atoms with Gasteiger partial charge < -0.3 is 10.1 Å². The monoisotopic (exact) mass is 568 g/mol. The molecule has 3 heterocycles. The summed E-state index contributed by atoms with van der Waals surface area (Å²) in [6, 6.07) is 3.20. The minimum Gasteiger partial charge on any atom is -0.383 e. The van der Waals surface area contributed by atoms with Crippen molar-refractivity contribution in [3.8, 4) is 10.6 Å². The highest BCUT2D eigenvalue weighted by atomic mass is 32.1. The van der Waals surface area contributed by atoms with Crippen molar-refractivity contribution in [2.75, 3.05) is 38.7 Å². The maximum absolute atomic E-state index is 14.1. The summed E-state index contributed by atoms with van der Waals surface area (Å²) in [6.45, 7) is 8.23. The number of thiazole rings is 1. The van der Waals surface area contributed by atoms with Crippen LogP contribution in [0.4, 0.5) is 19.4 Å². The summed E-state index contributed by atoms with van der Waals surface area (Å²) in [5.41, 5.74) is 3.20. The molecule has 1 aliphatic heterocycles. The van der Waals surface area contributed by atoms with E-state index in [1.54, 1.807) is 24.5 Å². The van der Waals surface area contributed by atoms with Crippen molar-refractivity contribution < 1.29 is 18.3 Å². The zero-order valence-electron chi connectivity index (χ0n) is 23.1. The van der Waals surface area contributed by atoms with E-state index in [1.165, 1.54) is 6.07 Å². The average molecular weight is 569 g/mol. The zero-order valence-corrected chi connectivity index (χ0v) is 23.9. The Morgan fingerprint density at radius 3 is 2.67 bits per heavy atom. The molecule has 40 heavy (non-hydrogen) atoms. The number of methoxy groups -OCH3 is 1. The van der Waals surface area contributed by atoms with Crippen molar-refractivity contribution in [2.45, 2.75) is 45.2 Å². The number of halogens is 2. The first-order chi connectivity index (χ1) is 19.2. The Hall–Kier alpha value is -3.41. The van der Waals surface area contributed by atoms with Gasteiger partial charge in [0, 0.05) is 38.2 Å². The summed E-state index contributed by atoms with van der Waals surface area (Å²) in [7, 11) is 1.64. The number of aryl methyl sites for hydroxylation is 2. The third kappa shape index (κ3) is 5.86. The van der Waals surface area contributed by atoms with Crippen LogP contribution >= 0.6 is 11.3 Å². The minimum atomic E-state index is -0.897. The van der Waals surface area contributed by atoms with Gasteiger partial charge in [0.2, 0.25) is 0 Å². The van der Waals surface area contributed by atoms with E-state index in [4.69, 9.17) is 9.84 Å². The second kappa shape index (κ2) is 12.0. The Morgan fingerprint density at radius 1 is 1.18 bits per heavy atom. The Bertz CT molecular complexity index is 1450. The molecule has 2 aromatic heterocycles. The second-order valence-electron chi connectivity index (χ2n) is 10.3. The van der Waals surface area contributed by atoms with Gasteiger partial charge in [0.05, 0.1) is 34.3 Å². The smallest absolute Gasteiger partial charge is 0.320 e. The van der Waals surface area contributed by atoms with Gasteiger partial charge >= 0.3 is 6.03 Å². The molecule has 0 radical (unpaired) electrons. The summed E-state index contributed by atoms with van der Waals surface area (Å²) < 4.78 is 34.9. The molecule has 0 spiro atoms. The molecule has 212 valence electrons. The van der Waals surface area contributed by atoms with Crippen molar-refractivity contribution in [2.24, 2.45) is 0 Å². The van der Waals surface area contributed by atoms with Crippen molar-refractivity contribution in [1.82, 2.24) is 25.0 Å². The van der Waals surface area contributed by atoms with E-state index in [2.05, 4.69) is 32.7 Å². The molecular formula is C29H34F2N6O2S. The Morgan fingerprint density at radius 2 is 2.00 bits per heavy atom. The average Bonchev–Trinajstić information content (AvgIpc) is 3.59. The highest BCUT2D eigenvalue weighted by Gasteiger charge is 2.35. The molecule has 1 aliphatic carbocycles. The summed E-state index contributed by atoms with van der Waals surface area (Å²) in [4.78, 5) is 21.2. The lowest BCUT2D eigenvalue weighted by Crippen LogP contribution is -2.42. The number of amides is 2. The maximum Gasteiger partial charge on any atom is 0.320 e. The van der Waals surface area contributed by atoms with Crippen LogP contribution in [0.25, 0.3) is 10.6 Å². The van der Waals surface area contributed by atoms with E-state index in [-0.39, 0.29) is 24.0 Å². The van der Waals surface area contributed by atoms with Crippen LogP contribution in [0.2, 0.25) is 0 Å². The van der Waals surface area contributed by atoms with E-state index in [1.807, 2.05) is 37.6 Å². The molecule has 3 aromatic rings. The zero-order chi connectivity index (χ0) is 28.4. The van der Waals surface area contributed by atoms with Crippen LogP contribution in [0.5, 0.6) is 0 Å². The number of anilines is 1. The molecule has 8 nitrogen and oxygen atoms in total.